The largest absolute Gasteiger partial charge is 0.385 e. The molecule has 1 unspecified atom stereocenters. The number of hydrogen-bond donors (Lipinski definition) is 2. The molecular formula is C16H31N3O3. The molecule has 1 rings (SSSR count). The molecule has 1 aliphatic heterocycles. The first kappa shape index (κ1) is 18.9. The lowest BCUT2D eigenvalue weighted by atomic mass is 9.84. The van der Waals surface area contributed by atoms with E-state index in [2.05, 4.69) is 17.6 Å². The van der Waals surface area contributed by atoms with Gasteiger partial charge in [-0.3, -0.25) is 9.59 Å². The van der Waals surface area contributed by atoms with Crippen LogP contribution in [-0.2, 0) is 14.3 Å². The zero-order valence-electron chi connectivity index (χ0n) is 14.2. The smallest absolute Gasteiger partial charge is 0.239 e. The SMILES string of the molecule is COCCCNC(=O)CN(C)C(=O)CC(C)C1CCNCC1. The van der Waals surface area contributed by atoms with E-state index >= 15 is 0 Å². The first-order valence-electron chi connectivity index (χ1n) is 8.25. The van der Waals surface area contributed by atoms with Crippen LogP contribution >= 0.6 is 0 Å². The molecule has 1 fully saturated rings. The van der Waals surface area contributed by atoms with Crippen molar-refractivity contribution in [1.29, 1.82) is 0 Å². The molecule has 0 aliphatic carbocycles. The Morgan fingerprint density at radius 1 is 1.36 bits per heavy atom. The van der Waals surface area contributed by atoms with Crippen LogP contribution in [0.25, 0.3) is 0 Å². The van der Waals surface area contributed by atoms with Gasteiger partial charge in [0.25, 0.3) is 0 Å². The van der Waals surface area contributed by atoms with E-state index in [1.807, 2.05) is 0 Å². The minimum atomic E-state index is -0.110. The monoisotopic (exact) mass is 313 g/mol. The zero-order chi connectivity index (χ0) is 16.4. The molecule has 0 aromatic heterocycles. The zero-order valence-corrected chi connectivity index (χ0v) is 14.2. The fourth-order valence-corrected chi connectivity index (χ4v) is 2.82. The van der Waals surface area contributed by atoms with Crippen molar-refractivity contribution >= 4 is 11.8 Å². The fraction of sp³-hybridized carbons (Fsp3) is 0.875. The lowest BCUT2D eigenvalue weighted by Gasteiger charge is -2.29. The minimum absolute atomic E-state index is 0.0538. The van der Waals surface area contributed by atoms with Crippen LogP contribution in [-0.4, -0.2) is 63.7 Å². The Kier molecular flexibility index (Phi) is 9.08. The van der Waals surface area contributed by atoms with Crippen molar-refractivity contribution in [2.75, 3.05) is 46.9 Å². The normalized spacial score (nSPS) is 17.0. The summed E-state index contributed by atoms with van der Waals surface area (Å²) in [4.78, 5) is 25.5. The average Bonchev–Trinajstić information content (AvgIpc) is 2.52. The molecule has 22 heavy (non-hydrogen) atoms. The van der Waals surface area contributed by atoms with Gasteiger partial charge in [-0.25, -0.2) is 0 Å². The molecule has 2 amide bonds. The van der Waals surface area contributed by atoms with Gasteiger partial charge in [0.15, 0.2) is 0 Å². The van der Waals surface area contributed by atoms with Gasteiger partial charge in [0.1, 0.15) is 0 Å². The van der Waals surface area contributed by atoms with Gasteiger partial charge in [-0.05, 0) is 44.2 Å². The van der Waals surface area contributed by atoms with E-state index in [-0.39, 0.29) is 18.4 Å². The van der Waals surface area contributed by atoms with Gasteiger partial charge < -0.3 is 20.3 Å². The summed E-state index contributed by atoms with van der Waals surface area (Å²) in [7, 11) is 3.34. The van der Waals surface area contributed by atoms with E-state index in [0.29, 0.717) is 31.4 Å². The summed E-state index contributed by atoms with van der Waals surface area (Å²) in [6.07, 6.45) is 3.58. The Labute approximate surface area is 134 Å². The summed E-state index contributed by atoms with van der Waals surface area (Å²) in [6.45, 7) is 5.58. The van der Waals surface area contributed by atoms with E-state index in [9.17, 15) is 9.59 Å². The van der Waals surface area contributed by atoms with Crippen molar-refractivity contribution in [3.63, 3.8) is 0 Å². The van der Waals surface area contributed by atoms with Crippen molar-refractivity contribution in [3.8, 4) is 0 Å². The predicted octanol–water partition coefficient (Wildman–Crippen LogP) is 0.623. The molecule has 1 saturated heterocycles. The maximum absolute atomic E-state index is 12.2. The van der Waals surface area contributed by atoms with Crippen LogP contribution in [0.3, 0.4) is 0 Å². The van der Waals surface area contributed by atoms with Gasteiger partial charge >= 0.3 is 0 Å². The summed E-state index contributed by atoms with van der Waals surface area (Å²) in [5.74, 6) is 0.933. The molecule has 1 heterocycles. The Hall–Kier alpha value is -1.14. The molecule has 6 heteroatoms. The average molecular weight is 313 g/mol. The van der Waals surface area contributed by atoms with Gasteiger partial charge in [0.2, 0.25) is 11.8 Å². The maximum Gasteiger partial charge on any atom is 0.239 e. The number of ether oxygens (including phenoxy) is 1. The highest BCUT2D eigenvalue weighted by Crippen LogP contribution is 2.24. The van der Waals surface area contributed by atoms with Gasteiger partial charge in [-0.1, -0.05) is 6.92 Å². The number of carbonyl (C=O) groups is 2. The lowest BCUT2D eigenvalue weighted by Crippen LogP contribution is -2.40. The van der Waals surface area contributed by atoms with Crippen molar-refractivity contribution in [2.45, 2.75) is 32.6 Å². The van der Waals surface area contributed by atoms with Crippen molar-refractivity contribution < 1.29 is 14.3 Å². The number of nitrogens with one attached hydrogen (secondary N) is 2. The molecule has 0 bridgehead atoms. The van der Waals surface area contributed by atoms with E-state index in [1.165, 1.54) is 4.90 Å². The molecule has 128 valence electrons. The Morgan fingerprint density at radius 2 is 2.05 bits per heavy atom. The number of hydrogen-bond acceptors (Lipinski definition) is 4. The second-order valence-corrected chi connectivity index (χ2v) is 6.21. The highest BCUT2D eigenvalue weighted by molar-refractivity contribution is 5.84. The van der Waals surface area contributed by atoms with Crippen LogP contribution < -0.4 is 10.6 Å². The second-order valence-electron chi connectivity index (χ2n) is 6.21. The van der Waals surface area contributed by atoms with Crippen LogP contribution in [0.5, 0.6) is 0 Å². The van der Waals surface area contributed by atoms with Crippen LogP contribution in [0.1, 0.15) is 32.6 Å². The van der Waals surface area contributed by atoms with Crippen molar-refractivity contribution in [2.24, 2.45) is 11.8 Å². The third-order valence-corrected chi connectivity index (χ3v) is 4.34. The maximum atomic E-state index is 12.2. The topological polar surface area (TPSA) is 70.7 Å². The first-order valence-corrected chi connectivity index (χ1v) is 8.25. The first-order chi connectivity index (χ1) is 10.5. The summed E-state index contributed by atoms with van der Waals surface area (Å²) >= 11 is 0. The number of rotatable bonds is 9. The highest BCUT2D eigenvalue weighted by atomic mass is 16.5. The lowest BCUT2D eigenvalue weighted by molar-refractivity contribution is -0.135. The van der Waals surface area contributed by atoms with E-state index in [1.54, 1.807) is 14.2 Å². The molecule has 2 N–H and O–H groups in total. The number of piperidine rings is 1. The Bertz CT molecular complexity index is 344. The molecule has 1 aliphatic rings. The molecule has 6 nitrogen and oxygen atoms in total. The van der Waals surface area contributed by atoms with E-state index in [4.69, 9.17) is 4.74 Å². The molecule has 1 atom stereocenters. The third-order valence-electron chi connectivity index (χ3n) is 4.34. The molecule has 0 radical (unpaired) electrons. The van der Waals surface area contributed by atoms with Gasteiger partial charge in [-0.2, -0.15) is 0 Å². The van der Waals surface area contributed by atoms with Crippen LogP contribution in [0.15, 0.2) is 0 Å². The van der Waals surface area contributed by atoms with Crippen LogP contribution in [0.2, 0.25) is 0 Å². The number of amides is 2. The number of nitrogens with zero attached hydrogens (tertiary/aromatic N) is 1. The van der Waals surface area contributed by atoms with Crippen LogP contribution in [0, 0.1) is 11.8 Å². The highest BCUT2D eigenvalue weighted by Gasteiger charge is 2.23. The molecule has 0 saturated carbocycles. The summed E-state index contributed by atoms with van der Waals surface area (Å²) in [6, 6.07) is 0. The van der Waals surface area contributed by atoms with Crippen LogP contribution in [0.4, 0.5) is 0 Å². The molecular weight excluding hydrogens is 282 g/mol. The summed E-state index contributed by atoms with van der Waals surface area (Å²) in [5.41, 5.74) is 0. The predicted molar refractivity (Wildman–Crippen MR) is 86.5 cm³/mol. The minimum Gasteiger partial charge on any atom is -0.385 e. The summed E-state index contributed by atoms with van der Waals surface area (Å²) < 4.78 is 4.92. The third kappa shape index (κ3) is 7.22. The molecule has 0 spiro atoms. The van der Waals surface area contributed by atoms with Gasteiger partial charge in [0, 0.05) is 33.7 Å². The van der Waals surface area contributed by atoms with E-state index < -0.39 is 0 Å². The number of carbonyl (C=O) groups excluding carboxylic acids is 2. The number of likely N-dealkylation sites (N-methyl/N-ethyl adjacent to an activating group) is 1. The van der Waals surface area contributed by atoms with Crippen molar-refractivity contribution in [1.82, 2.24) is 15.5 Å². The fourth-order valence-electron chi connectivity index (χ4n) is 2.82. The number of methoxy groups -OCH3 is 1. The van der Waals surface area contributed by atoms with Gasteiger partial charge in [0.05, 0.1) is 6.54 Å². The quantitative estimate of drug-likeness (QED) is 0.612. The second kappa shape index (κ2) is 10.6. The van der Waals surface area contributed by atoms with Crippen molar-refractivity contribution in [3.05, 3.63) is 0 Å². The van der Waals surface area contributed by atoms with Gasteiger partial charge in [-0.15, -0.1) is 0 Å². The Balaban J connectivity index is 2.24. The Morgan fingerprint density at radius 3 is 2.68 bits per heavy atom. The van der Waals surface area contributed by atoms with E-state index in [0.717, 1.165) is 32.4 Å². The molecule has 0 aromatic rings. The summed E-state index contributed by atoms with van der Waals surface area (Å²) in [5, 5.41) is 6.14. The molecule has 0 aromatic carbocycles. The standard InChI is InChI=1S/C16H31N3O3/c1-13(14-5-8-17-9-6-14)11-16(21)19(2)12-15(20)18-7-4-10-22-3/h13-14,17H,4-12H2,1-3H3,(H,18,20).